The molecule has 1 aliphatic heterocycles. The van der Waals surface area contributed by atoms with E-state index in [9.17, 15) is 24.0 Å². The molecule has 1 saturated heterocycles. The zero-order chi connectivity index (χ0) is 26.3. The lowest BCUT2D eigenvalue weighted by Crippen LogP contribution is -2.63. The average Bonchev–Trinajstić information content (AvgIpc) is 2.76. The van der Waals surface area contributed by atoms with Crippen LogP contribution >= 0.6 is 0 Å². The Morgan fingerprint density at radius 1 is 0.857 bits per heavy atom. The van der Waals surface area contributed by atoms with Gasteiger partial charge in [-0.1, -0.05) is 0 Å². The molecule has 35 heavy (non-hydrogen) atoms. The molecule has 0 unspecified atom stereocenters. The molecule has 13 heteroatoms. The van der Waals surface area contributed by atoms with Crippen LogP contribution in [0.3, 0.4) is 0 Å². The number of hydrogen-bond donors (Lipinski definition) is 1. The van der Waals surface area contributed by atoms with Gasteiger partial charge in [0.1, 0.15) is 24.0 Å². The van der Waals surface area contributed by atoms with E-state index < -0.39 is 67.2 Å². The first-order chi connectivity index (χ1) is 16.4. The molecule has 1 aromatic rings. The summed E-state index contributed by atoms with van der Waals surface area (Å²) in [6.07, 6.45) is -6.94. The number of ether oxygens (including phenoxy) is 7. The van der Waals surface area contributed by atoms with Gasteiger partial charge in [0.15, 0.2) is 12.2 Å². The molecule has 1 fully saturated rings. The quantitative estimate of drug-likeness (QED) is 0.299. The summed E-state index contributed by atoms with van der Waals surface area (Å²) in [6, 6.07) is 4.09. The molecule has 1 aromatic carbocycles. The predicted molar refractivity (Wildman–Crippen MR) is 115 cm³/mol. The zero-order valence-corrected chi connectivity index (χ0v) is 19.8. The summed E-state index contributed by atoms with van der Waals surface area (Å²) in [5, 5.41) is 0. The van der Waals surface area contributed by atoms with E-state index >= 15 is 0 Å². The minimum absolute atomic E-state index is 0.0630. The minimum Gasteiger partial charge on any atom is -0.465 e. The topological polar surface area (TPSA) is 176 Å². The van der Waals surface area contributed by atoms with Crippen LogP contribution in [0.1, 0.15) is 38.1 Å². The highest BCUT2D eigenvalue weighted by Crippen LogP contribution is 2.32. The van der Waals surface area contributed by atoms with E-state index in [4.69, 9.17) is 38.9 Å². The Hall–Kier alpha value is -3.87. The van der Waals surface area contributed by atoms with Gasteiger partial charge in [-0.15, -0.1) is 0 Å². The number of nitrogens with two attached hydrogens (primary N) is 1. The molecule has 1 heterocycles. The minimum atomic E-state index is -1.51. The fraction of sp³-hybridized carbons (Fsp3) is 0.500. The van der Waals surface area contributed by atoms with E-state index in [0.29, 0.717) is 0 Å². The largest absolute Gasteiger partial charge is 0.465 e. The maximum Gasteiger partial charge on any atom is 0.341 e. The van der Waals surface area contributed by atoms with Crippen molar-refractivity contribution in [1.29, 1.82) is 0 Å². The van der Waals surface area contributed by atoms with Crippen LogP contribution in [0.25, 0.3) is 0 Å². The molecule has 2 rings (SSSR count). The fourth-order valence-electron chi connectivity index (χ4n) is 3.33. The highest BCUT2D eigenvalue weighted by atomic mass is 16.7. The molecule has 0 aliphatic carbocycles. The second kappa shape index (κ2) is 12.0. The molecule has 2 N–H and O–H groups in total. The summed E-state index contributed by atoms with van der Waals surface area (Å²) in [5.41, 5.74) is 5.93. The van der Waals surface area contributed by atoms with E-state index in [-0.39, 0.29) is 17.0 Å². The molecule has 13 nitrogen and oxygen atoms in total. The molecule has 0 spiro atoms. The van der Waals surface area contributed by atoms with Crippen LogP contribution in [-0.4, -0.2) is 74.3 Å². The van der Waals surface area contributed by atoms with Gasteiger partial charge >= 0.3 is 29.8 Å². The molecule has 192 valence electrons. The van der Waals surface area contributed by atoms with Crippen molar-refractivity contribution in [3.05, 3.63) is 23.8 Å². The number of methoxy groups -OCH3 is 1. The highest BCUT2D eigenvalue weighted by Gasteiger charge is 2.53. The third-order valence-corrected chi connectivity index (χ3v) is 4.60. The van der Waals surface area contributed by atoms with Crippen LogP contribution < -0.4 is 10.5 Å². The molecular formula is C22H27NO12. The second-order valence-corrected chi connectivity index (χ2v) is 7.43. The number of anilines is 1. The molecule has 0 bridgehead atoms. The van der Waals surface area contributed by atoms with Crippen LogP contribution in [0, 0.1) is 0 Å². The molecule has 5 atom stereocenters. The van der Waals surface area contributed by atoms with Crippen LogP contribution in [0.4, 0.5) is 5.69 Å². The van der Waals surface area contributed by atoms with Crippen LogP contribution in [0.2, 0.25) is 0 Å². The number of esters is 5. The van der Waals surface area contributed by atoms with Crippen LogP contribution in [0.5, 0.6) is 5.75 Å². The number of nitrogen functional groups attached to an aromatic ring is 1. The van der Waals surface area contributed by atoms with Gasteiger partial charge in [0.25, 0.3) is 0 Å². The Kier molecular flexibility index (Phi) is 9.40. The van der Waals surface area contributed by atoms with Gasteiger partial charge < -0.3 is 38.9 Å². The molecule has 0 amide bonds. The van der Waals surface area contributed by atoms with Gasteiger partial charge in [-0.25, -0.2) is 4.79 Å². The number of benzene rings is 1. The van der Waals surface area contributed by atoms with Crippen molar-refractivity contribution in [1.82, 2.24) is 0 Å². The van der Waals surface area contributed by atoms with Crippen molar-refractivity contribution < 1.29 is 57.1 Å². The van der Waals surface area contributed by atoms with E-state index in [1.807, 2.05) is 0 Å². The summed E-state index contributed by atoms with van der Waals surface area (Å²) in [5.74, 6) is -3.86. The third-order valence-electron chi connectivity index (χ3n) is 4.60. The molecular weight excluding hydrogens is 470 g/mol. The average molecular weight is 497 g/mol. The summed E-state index contributed by atoms with van der Waals surface area (Å²) < 4.78 is 37.4. The lowest BCUT2D eigenvalue weighted by Gasteiger charge is -2.44. The van der Waals surface area contributed by atoms with Crippen molar-refractivity contribution in [2.24, 2.45) is 0 Å². The molecule has 1 aliphatic rings. The smallest absolute Gasteiger partial charge is 0.341 e. The van der Waals surface area contributed by atoms with Crippen LogP contribution in [-0.2, 0) is 47.6 Å². The maximum absolute atomic E-state index is 12.2. The zero-order valence-electron chi connectivity index (χ0n) is 19.8. The molecule has 0 aromatic heterocycles. The summed E-state index contributed by atoms with van der Waals surface area (Å²) in [7, 11) is 1.16. The monoisotopic (exact) mass is 497 g/mol. The molecule has 0 radical (unpaired) electrons. The first-order valence-electron chi connectivity index (χ1n) is 10.4. The van der Waals surface area contributed by atoms with E-state index in [1.54, 1.807) is 0 Å². The Labute approximate surface area is 200 Å². The predicted octanol–water partition coefficient (Wildman–Crippen LogP) is 0.517. The molecule has 0 saturated carbocycles. The lowest BCUT2D eigenvalue weighted by atomic mass is 9.98. The third kappa shape index (κ3) is 7.57. The van der Waals surface area contributed by atoms with E-state index in [0.717, 1.165) is 34.8 Å². The summed E-state index contributed by atoms with van der Waals surface area (Å²) in [4.78, 5) is 59.2. The SMILES string of the molecule is COC(=O)c1cc(N)ccc1O[C@H]1O[C@H](COC(C)=O)[C@H](OC(C)=O)[C@H](OC(C)=O)[C@H]1OC(C)=O. The first-order valence-corrected chi connectivity index (χ1v) is 10.4. The van der Waals surface area contributed by atoms with E-state index in [1.165, 1.54) is 18.2 Å². The van der Waals surface area contributed by atoms with Crippen molar-refractivity contribution in [2.75, 3.05) is 19.5 Å². The van der Waals surface area contributed by atoms with Gasteiger partial charge in [0.2, 0.25) is 12.4 Å². The number of carbonyl (C=O) groups is 5. The highest BCUT2D eigenvalue weighted by molar-refractivity contribution is 5.93. The first kappa shape index (κ1) is 27.4. The van der Waals surface area contributed by atoms with Crippen LogP contribution in [0.15, 0.2) is 18.2 Å². The normalized spacial score (nSPS) is 23.4. The van der Waals surface area contributed by atoms with Gasteiger partial charge in [-0.05, 0) is 18.2 Å². The van der Waals surface area contributed by atoms with Gasteiger partial charge in [-0.2, -0.15) is 0 Å². The van der Waals surface area contributed by atoms with Crippen molar-refractivity contribution in [2.45, 2.75) is 58.4 Å². The van der Waals surface area contributed by atoms with Gasteiger partial charge in [-0.3, -0.25) is 19.2 Å². The maximum atomic E-state index is 12.2. The number of hydrogen-bond acceptors (Lipinski definition) is 13. The van der Waals surface area contributed by atoms with Gasteiger partial charge in [0.05, 0.1) is 7.11 Å². The standard InChI is InChI=1S/C22H27NO12/c1-10(24)30-9-17-18(31-11(2)25)19(32-12(3)26)20(33-13(4)27)22(35-17)34-16-7-6-14(23)8-15(16)21(28)29-5/h6-8,17-20,22H,9,23H2,1-5H3/t17-,18+,19+,20-,22+/m1/s1. The number of rotatable bonds is 8. The van der Waals surface area contributed by atoms with Crippen molar-refractivity contribution >= 4 is 35.5 Å². The summed E-state index contributed by atoms with van der Waals surface area (Å²) in [6.45, 7) is 4.02. The fourth-order valence-corrected chi connectivity index (χ4v) is 3.33. The Morgan fingerprint density at radius 3 is 1.97 bits per heavy atom. The lowest BCUT2D eigenvalue weighted by molar-refractivity contribution is -0.288. The Morgan fingerprint density at radius 2 is 1.43 bits per heavy atom. The Bertz CT molecular complexity index is 977. The van der Waals surface area contributed by atoms with Crippen molar-refractivity contribution in [3.63, 3.8) is 0 Å². The Balaban J connectivity index is 2.55. The second-order valence-electron chi connectivity index (χ2n) is 7.43. The van der Waals surface area contributed by atoms with Crippen molar-refractivity contribution in [3.8, 4) is 5.75 Å². The number of carbonyl (C=O) groups excluding carboxylic acids is 5. The van der Waals surface area contributed by atoms with E-state index in [2.05, 4.69) is 0 Å². The summed E-state index contributed by atoms with van der Waals surface area (Å²) >= 11 is 0. The van der Waals surface area contributed by atoms with Gasteiger partial charge in [0, 0.05) is 33.4 Å².